The summed E-state index contributed by atoms with van der Waals surface area (Å²) in [5, 5.41) is 2.76. The van der Waals surface area contributed by atoms with Crippen molar-refractivity contribution in [2.45, 2.75) is 19.3 Å². The van der Waals surface area contributed by atoms with Crippen LogP contribution in [0, 0.1) is 0 Å². The van der Waals surface area contributed by atoms with Crippen molar-refractivity contribution in [3.8, 4) is 0 Å². The maximum Gasteiger partial charge on any atom is 0.328 e. The molecule has 22 heavy (non-hydrogen) atoms. The number of carbonyl (C=O) groups is 1. The third-order valence-electron chi connectivity index (χ3n) is 3.29. The average Bonchev–Trinajstić information content (AvgIpc) is 2.53. The summed E-state index contributed by atoms with van der Waals surface area (Å²) in [5.74, 6) is -0.240. The number of aromatic amines is 1. The largest absolute Gasteiger partial charge is 0.356 e. The Hall–Kier alpha value is -2.70. The highest BCUT2D eigenvalue weighted by molar-refractivity contribution is 5.78. The van der Waals surface area contributed by atoms with Crippen LogP contribution in [0.4, 0.5) is 0 Å². The zero-order valence-corrected chi connectivity index (χ0v) is 12.3. The van der Waals surface area contributed by atoms with Crippen LogP contribution < -0.4 is 16.6 Å². The van der Waals surface area contributed by atoms with Gasteiger partial charge in [0.25, 0.3) is 5.56 Å². The second kappa shape index (κ2) is 7.35. The Labute approximate surface area is 127 Å². The smallest absolute Gasteiger partial charge is 0.328 e. The van der Waals surface area contributed by atoms with E-state index in [0.29, 0.717) is 6.54 Å². The predicted molar refractivity (Wildman–Crippen MR) is 81.6 cm³/mol. The Morgan fingerprint density at radius 3 is 2.95 bits per heavy atom. The molecule has 0 aromatic carbocycles. The van der Waals surface area contributed by atoms with E-state index >= 15 is 0 Å². The minimum Gasteiger partial charge on any atom is -0.356 e. The van der Waals surface area contributed by atoms with E-state index in [9.17, 15) is 14.4 Å². The molecular formula is C15H18N4O3. The van der Waals surface area contributed by atoms with Crippen LogP contribution >= 0.6 is 0 Å². The van der Waals surface area contributed by atoms with Gasteiger partial charge in [-0.05, 0) is 24.5 Å². The third-order valence-corrected chi connectivity index (χ3v) is 3.29. The first-order chi connectivity index (χ1) is 10.6. The van der Waals surface area contributed by atoms with Crippen molar-refractivity contribution in [2.75, 3.05) is 6.54 Å². The van der Waals surface area contributed by atoms with Gasteiger partial charge in [-0.15, -0.1) is 0 Å². The van der Waals surface area contributed by atoms with E-state index < -0.39 is 11.2 Å². The molecule has 0 aliphatic heterocycles. The summed E-state index contributed by atoms with van der Waals surface area (Å²) in [7, 11) is 1.37. The van der Waals surface area contributed by atoms with Crippen molar-refractivity contribution < 1.29 is 4.79 Å². The number of pyridine rings is 1. The normalized spacial score (nSPS) is 10.4. The summed E-state index contributed by atoms with van der Waals surface area (Å²) in [6, 6.07) is 3.86. The van der Waals surface area contributed by atoms with E-state index in [1.165, 1.54) is 13.2 Å². The lowest BCUT2D eigenvalue weighted by molar-refractivity contribution is -0.120. The number of nitrogens with zero attached hydrogens (tertiary/aromatic N) is 2. The number of hydrogen-bond donors (Lipinski definition) is 2. The van der Waals surface area contributed by atoms with Crippen LogP contribution in [-0.2, 0) is 24.7 Å². The molecule has 2 rings (SSSR count). The molecule has 7 heteroatoms. The molecule has 2 aromatic rings. The van der Waals surface area contributed by atoms with Gasteiger partial charge in [-0.25, -0.2) is 4.79 Å². The van der Waals surface area contributed by atoms with Gasteiger partial charge in [0.1, 0.15) is 0 Å². The number of H-pyrrole nitrogens is 1. The zero-order chi connectivity index (χ0) is 15.9. The summed E-state index contributed by atoms with van der Waals surface area (Å²) >= 11 is 0. The van der Waals surface area contributed by atoms with E-state index in [0.717, 1.165) is 23.0 Å². The lowest BCUT2D eigenvalue weighted by Gasteiger charge is -2.06. The summed E-state index contributed by atoms with van der Waals surface area (Å²) in [5.41, 5.74) is 0.443. The molecule has 2 N–H and O–H groups in total. The SMILES string of the molecule is Cn1c(=O)[nH]cc(CC(=O)NCCCc2cccnc2)c1=O. The summed E-state index contributed by atoms with van der Waals surface area (Å²) in [6.07, 6.45) is 6.38. The van der Waals surface area contributed by atoms with Gasteiger partial charge in [0.05, 0.1) is 6.42 Å². The number of aromatic nitrogens is 3. The van der Waals surface area contributed by atoms with Crippen LogP contribution in [-0.4, -0.2) is 27.0 Å². The Morgan fingerprint density at radius 1 is 1.41 bits per heavy atom. The van der Waals surface area contributed by atoms with E-state index in [1.54, 1.807) is 12.4 Å². The molecule has 1 amide bonds. The lowest BCUT2D eigenvalue weighted by atomic mass is 10.1. The average molecular weight is 302 g/mol. The van der Waals surface area contributed by atoms with E-state index in [-0.39, 0.29) is 17.9 Å². The van der Waals surface area contributed by atoms with Crippen molar-refractivity contribution in [1.82, 2.24) is 19.9 Å². The molecule has 0 saturated heterocycles. The van der Waals surface area contributed by atoms with Gasteiger partial charge in [0, 0.05) is 37.7 Å². The Morgan fingerprint density at radius 2 is 2.23 bits per heavy atom. The Kier molecular flexibility index (Phi) is 5.24. The number of nitrogens with one attached hydrogen (secondary N) is 2. The number of hydrogen-bond acceptors (Lipinski definition) is 4. The van der Waals surface area contributed by atoms with Crippen LogP contribution in [0.5, 0.6) is 0 Å². The number of rotatable bonds is 6. The van der Waals surface area contributed by atoms with Crippen molar-refractivity contribution in [1.29, 1.82) is 0 Å². The maximum absolute atomic E-state index is 11.8. The van der Waals surface area contributed by atoms with Crippen molar-refractivity contribution in [2.24, 2.45) is 7.05 Å². The van der Waals surface area contributed by atoms with E-state index in [1.807, 2.05) is 12.1 Å². The molecule has 0 aliphatic rings. The molecule has 0 spiro atoms. The van der Waals surface area contributed by atoms with E-state index in [2.05, 4.69) is 15.3 Å². The van der Waals surface area contributed by atoms with Gasteiger partial charge in [-0.3, -0.25) is 19.1 Å². The Bertz CT molecular complexity index is 749. The second-order valence-electron chi connectivity index (χ2n) is 4.97. The molecule has 0 bridgehead atoms. The van der Waals surface area contributed by atoms with Crippen LogP contribution in [0.25, 0.3) is 0 Å². The second-order valence-corrected chi connectivity index (χ2v) is 4.97. The van der Waals surface area contributed by atoms with Gasteiger partial charge >= 0.3 is 5.69 Å². The number of aryl methyl sites for hydroxylation is 1. The molecular weight excluding hydrogens is 284 g/mol. The minimum absolute atomic E-state index is 0.0453. The fourth-order valence-electron chi connectivity index (χ4n) is 2.04. The highest BCUT2D eigenvalue weighted by Crippen LogP contribution is 1.99. The highest BCUT2D eigenvalue weighted by atomic mass is 16.2. The van der Waals surface area contributed by atoms with Crippen LogP contribution in [0.3, 0.4) is 0 Å². The Balaban J connectivity index is 1.80. The molecule has 0 fully saturated rings. The molecule has 2 aromatic heterocycles. The molecule has 0 aliphatic carbocycles. The fourth-order valence-corrected chi connectivity index (χ4v) is 2.04. The van der Waals surface area contributed by atoms with Gasteiger partial charge < -0.3 is 10.3 Å². The fraction of sp³-hybridized carbons (Fsp3) is 0.333. The molecule has 0 unspecified atom stereocenters. The first-order valence-electron chi connectivity index (χ1n) is 7.01. The summed E-state index contributed by atoms with van der Waals surface area (Å²) in [6.45, 7) is 0.525. The lowest BCUT2D eigenvalue weighted by Crippen LogP contribution is -2.36. The first-order valence-corrected chi connectivity index (χ1v) is 7.01. The van der Waals surface area contributed by atoms with Crippen molar-refractivity contribution in [3.05, 3.63) is 62.7 Å². The molecule has 116 valence electrons. The molecule has 0 radical (unpaired) electrons. The van der Waals surface area contributed by atoms with Gasteiger partial charge in [0.2, 0.25) is 5.91 Å². The number of amides is 1. The molecule has 2 heterocycles. The standard InChI is InChI=1S/C15H18N4O3/c1-19-14(21)12(10-18-15(19)22)8-13(20)17-7-3-5-11-4-2-6-16-9-11/h2,4,6,9-10H,3,5,7-8H2,1H3,(H,17,20)(H,18,22). The topological polar surface area (TPSA) is 96.8 Å². The molecule has 0 atom stereocenters. The van der Waals surface area contributed by atoms with Crippen molar-refractivity contribution in [3.63, 3.8) is 0 Å². The van der Waals surface area contributed by atoms with Gasteiger partial charge in [0.15, 0.2) is 0 Å². The van der Waals surface area contributed by atoms with Crippen LogP contribution in [0.1, 0.15) is 17.5 Å². The van der Waals surface area contributed by atoms with Gasteiger partial charge in [-0.1, -0.05) is 6.07 Å². The monoisotopic (exact) mass is 302 g/mol. The maximum atomic E-state index is 11.8. The molecule has 0 saturated carbocycles. The minimum atomic E-state index is -0.495. The van der Waals surface area contributed by atoms with Gasteiger partial charge in [-0.2, -0.15) is 0 Å². The highest BCUT2D eigenvalue weighted by Gasteiger charge is 2.09. The van der Waals surface area contributed by atoms with E-state index in [4.69, 9.17) is 0 Å². The number of carbonyl (C=O) groups excluding carboxylic acids is 1. The van der Waals surface area contributed by atoms with Crippen LogP contribution in [0.2, 0.25) is 0 Å². The first kappa shape index (κ1) is 15.7. The van der Waals surface area contributed by atoms with Crippen LogP contribution in [0.15, 0.2) is 40.3 Å². The summed E-state index contributed by atoms with van der Waals surface area (Å²) in [4.78, 5) is 41.3. The summed E-state index contributed by atoms with van der Waals surface area (Å²) < 4.78 is 0.949. The third kappa shape index (κ3) is 4.15. The zero-order valence-electron chi connectivity index (χ0n) is 12.3. The quantitative estimate of drug-likeness (QED) is 0.720. The predicted octanol–water partition coefficient (Wildman–Crippen LogP) is -0.240. The molecule has 7 nitrogen and oxygen atoms in total. The van der Waals surface area contributed by atoms with Crippen molar-refractivity contribution >= 4 is 5.91 Å².